The summed E-state index contributed by atoms with van der Waals surface area (Å²) in [6.07, 6.45) is 11.5. The topological polar surface area (TPSA) is 202 Å². The Labute approximate surface area is 352 Å². The molecule has 4 N–H and O–H groups in total. The Hall–Kier alpha value is -4.99. The zero-order chi connectivity index (χ0) is 42.7. The number of benzene rings is 1. The van der Waals surface area contributed by atoms with Crippen LogP contribution in [0.5, 0.6) is 5.75 Å². The van der Waals surface area contributed by atoms with Crippen LogP contribution in [-0.2, 0) is 29.1 Å². The molecule has 0 bridgehead atoms. The fourth-order valence-corrected chi connectivity index (χ4v) is 9.81. The summed E-state index contributed by atoms with van der Waals surface area (Å²) in [7, 11) is -3.92. The van der Waals surface area contributed by atoms with Crippen LogP contribution >= 0.6 is 0 Å². The van der Waals surface area contributed by atoms with Gasteiger partial charge in [0.15, 0.2) is 0 Å². The average molecular weight is 847 g/mol. The SMILES string of the molecule is CC(C)(C)OC(=O)N[C@H]1CCCCC/C=C/[C@@H]2C[C@@]2(C(=O)NS(=O)(=O)C2CC2)NC(=O)[C@@H]2C[C@@H](Oc3cc(C(=O)NC4CCCCC4)nc(-c4ccccc4)c3)CN2C1=O. The van der Waals surface area contributed by atoms with Crippen molar-refractivity contribution >= 4 is 39.7 Å². The van der Waals surface area contributed by atoms with Crippen molar-refractivity contribution in [3.8, 4) is 17.0 Å². The average Bonchev–Trinajstić information content (AvgIpc) is 4.13. The summed E-state index contributed by atoms with van der Waals surface area (Å²) in [6, 6.07) is 10.5. The first-order chi connectivity index (χ1) is 28.6. The van der Waals surface area contributed by atoms with E-state index in [0.717, 1.165) is 50.5 Å². The van der Waals surface area contributed by atoms with Crippen LogP contribution < -0.4 is 25.4 Å². The maximum absolute atomic E-state index is 14.6. The second-order valence-electron chi connectivity index (χ2n) is 17.9. The fraction of sp³-hybridized carbons (Fsp3) is 0.591. The van der Waals surface area contributed by atoms with Gasteiger partial charge in [0, 0.05) is 36.1 Å². The molecule has 3 aliphatic carbocycles. The lowest BCUT2D eigenvalue weighted by molar-refractivity contribution is -0.141. The summed E-state index contributed by atoms with van der Waals surface area (Å²) in [4.78, 5) is 75.8. The van der Waals surface area contributed by atoms with Crippen LogP contribution in [0.3, 0.4) is 0 Å². The minimum absolute atomic E-state index is 0.00189. The summed E-state index contributed by atoms with van der Waals surface area (Å²) >= 11 is 0. The number of amides is 5. The van der Waals surface area contributed by atoms with Crippen molar-refractivity contribution in [2.75, 3.05) is 6.54 Å². The fourth-order valence-electron chi connectivity index (χ4n) is 8.44. The molecule has 5 amide bonds. The Morgan fingerprint density at radius 2 is 1.63 bits per heavy atom. The number of nitrogens with zero attached hydrogens (tertiary/aromatic N) is 2. The number of pyridine rings is 1. The summed E-state index contributed by atoms with van der Waals surface area (Å²) in [5, 5.41) is 8.12. The predicted molar refractivity (Wildman–Crippen MR) is 223 cm³/mol. The third-order valence-corrected chi connectivity index (χ3v) is 13.7. The highest BCUT2D eigenvalue weighted by Crippen LogP contribution is 2.46. The number of allylic oxidation sites excluding steroid dienone is 1. The number of alkyl carbamates (subject to hydrolysis) is 1. The van der Waals surface area contributed by atoms with E-state index in [0.29, 0.717) is 37.1 Å². The first kappa shape index (κ1) is 43.1. The van der Waals surface area contributed by atoms with Gasteiger partial charge in [0.2, 0.25) is 21.8 Å². The van der Waals surface area contributed by atoms with Gasteiger partial charge in [-0.15, -0.1) is 0 Å². The van der Waals surface area contributed by atoms with E-state index in [1.807, 2.05) is 42.5 Å². The molecule has 0 spiro atoms. The number of ether oxygens (including phenoxy) is 2. The number of aromatic nitrogens is 1. The molecule has 324 valence electrons. The third-order valence-electron chi connectivity index (χ3n) is 11.9. The second kappa shape index (κ2) is 17.9. The molecule has 2 aromatic rings. The molecule has 5 aliphatic rings. The first-order valence-electron chi connectivity index (χ1n) is 21.5. The Balaban J connectivity index is 1.19. The monoisotopic (exact) mass is 846 g/mol. The van der Waals surface area contributed by atoms with Crippen LogP contribution in [0, 0.1) is 5.92 Å². The molecule has 60 heavy (non-hydrogen) atoms. The van der Waals surface area contributed by atoms with Crippen LogP contribution in [-0.4, -0.2) is 95.2 Å². The molecule has 0 radical (unpaired) electrons. The van der Waals surface area contributed by atoms with Crippen LogP contribution in [0.2, 0.25) is 0 Å². The maximum Gasteiger partial charge on any atom is 0.408 e. The zero-order valence-corrected chi connectivity index (χ0v) is 35.6. The highest BCUT2D eigenvalue weighted by Gasteiger charge is 2.62. The molecule has 16 heteroatoms. The van der Waals surface area contributed by atoms with E-state index in [4.69, 9.17) is 14.5 Å². The van der Waals surface area contributed by atoms with Gasteiger partial charge in [0.05, 0.1) is 17.5 Å². The van der Waals surface area contributed by atoms with E-state index >= 15 is 0 Å². The first-order valence-corrected chi connectivity index (χ1v) is 23.0. The van der Waals surface area contributed by atoms with E-state index in [-0.39, 0.29) is 43.5 Å². The summed E-state index contributed by atoms with van der Waals surface area (Å²) in [5.41, 5.74) is -0.922. The second-order valence-corrected chi connectivity index (χ2v) is 19.9. The van der Waals surface area contributed by atoms with Crippen LogP contribution in [0.15, 0.2) is 54.6 Å². The molecule has 3 saturated carbocycles. The molecule has 7 rings (SSSR count). The van der Waals surface area contributed by atoms with E-state index in [2.05, 4.69) is 20.7 Å². The Kier molecular flexibility index (Phi) is 12.9. The van der Waals surface area contributed by atoms with Gasteiger partial charge in [-0.3, -0.25) is 23.9 Å². The minimum Gasteiger partial charge on any atom is -0.488 e. The number of sulfonamides is 1. The number of hydrogen-bond acceptors (Lipinski definition) is 10. The van der Waals surface area contributed by atoms with Gasteiger partial charge in [-0.2, -0.15) is 0 Å². The minimum atomic E-state index is -3.92. The van der Waals surface area contributed by atoms with Crippen molar-refractivity contribution in [3.63, 3.8) is 0 Å². The van der Waals surface area contributed by atoms with E-state index < -0.39 is 74.3 Å². The molecule has 1 aromatic carbocycles. The summed E-state index contributed by atoms with van der Waals surface area (Å²) in [6.45, 7) is 5.11. The number of rotatable bonds is 9. The van der Waals surface area contributed by atoms with E-state index in [9.17, 15) is 32.4 Å². The highest BCUT2D eigenvalue weighted by atomic mass is 32.2. The molecular weight excluding hydrogens is 789 g/mol. The van der Waals surface area contributed by atoms with Gasteiger partial charge < -0.3 is 30.3 Å². The van der Waals surface area contributed by atoms with Gasteiger partial charge in [-0.05, 0) is 72.1 Å². The largest absolute Gasteiger partial charge is 0.488 e. The molecule has 0 unspecified atom stereocenters. The van der Waals surface area contributed by atoms with E-state index in [1.165, 1.54) is 4.90 Å². The van der Waals surface area contributed by atoms with Crippen molar-refractivity contribution in [1.82, 2.24) is 30.6 Å². The van der Waals surface area contributed by atoms with Gasteiger partial charge in [-0.25, -0.2) is 18.2 Å². The number of fused-ring (bicyclic) bond motifs is 2. The van der Waals surface area contributed by atoms with Crippen molar-refractivity contribution in [2.24, 2.45) is 5.92 Å². The Bertz CT molecular complexity index is 2080. The van der Waals surface area contributed by atoms with Crippen molar-refractivity contribution in [3.05, 3.63) is 60.3 Å². The molecule has 1 aromatic heterocycles. The molecule has 4 fully saturated rings. The molecule has 3 heterocycles. The van der Waals surface area contributed by atoms with Crippen molar-refractivity contribution in [2.45, 2.75) is 151 Å². The van der Waals surface area contributed by atoms with Crippen LogP contribution in [0.4, 0.5) is 4.79 Å². The standard InChI is InChI=1S/C44H58N6O9S/c1-43(2,3)59-42(55)47-34-20-14-6-4-5-11-17-29-26-44(29,41(54)49-60(56,57)33-21-22-33)48-39(52)37-25-32(27-50(37)40(34)53)58-31-23-35(28-15-9-7-10-16-28)46-36(24-31)38(51)45-30-18-12-8-13-19-30/h7,9-11,15-17,23-24,29-30,32-34,37H,4-6,8,12-14,18-22,25-27H2,1-3H3,(H,45,51)(H,47,55)(H,48,52)(H,49,54)/b17-11+/t29-,32-,34+,37+,44-/m1/s1. The van der Waals surface area contributed by atoms with Gasteiger partial charge in [0.25, 0.3) is 11.8 Å². The summed E-state index contributed by atoms with van der Waals surface area (Å²) in [5.74, 6) is -2.44. The third kappa shape index (κ3) is 10.7. The smallest absolute Gasteiger partial charge is 0.408 e. The Morgan fingerprint density at radius 3 is 2.35 bits per heavy atom. The molecule has 5 atom stereocenters. The van der Waals surface area contributed by atoms with Gasteiger partial charge in [0.1, 0.15) is 40.8 Å². The lowest BCUT2D eigenvalue weighted by Gasteiger charge is -2.30. The van der Waals surface area contributed by atoms with E-state index in [1.54, 1.807) is 32.9 Å². The molecule has 15 nitrogen and oxygen atoms in total. The number of hydrogen-bond donors (Lipinski definition) is 4. The normalized spacial score (nSPS) is 27.1. The zero-order valence-electron chi connectivity index (χ0n) is 34.7. The lowest BCUT2D eigenvalue weighted by atomic mass is 9.95. The number of carbonyl (C=O) groups is 5. The molecule has 1 saturated heterocycles. The summed E-state index contributed by atoms with van der Waals surface area (Å²) < 4.78 is 40.2. The Morgan fingerprint density at radius 1 is 0.917 bits per heavy atom. The molecular formula is C44H58N6O9S. The van der Waals surface area contributed by atoms with Gasteiger partial charge >= 0.3 is 6.09 Å². The quantitative estimate of drug-likeness (QED) is 0.247. The number of carbonyl (C=O) groups excluding carboxylic acids is 5. The lowest BCUT2D eigenvalue weighted by Crippen LogP contribution is -2.58. The maximum atomic E-state index is 14.6. The van der Waals surface area contributed by atoms with Crippen LogP contribution in [0.25, 0.3) is 11.3 Å². The van der Waals surface area contributed by atoms with Gasteiger partial charge in [-0.1, -0.05) is 74.6 Å². The predicted octanol–water partition coefficient (Wildman–Crippen LogP) is 5.06. The van der Waals surface area contributed by atoms with Crippen LogP contribution in [0.1, 0.15) is 121 Å². The van der Waals surface area contributed by atoms with Crippen molar-refractivity contribution < 1.29 is 41.9 Å². The van der Waals surface area contributed by atoms with Crippen molar-refractivity contribution in [1.29, 1.82) is 0 Å². The highest BCUT2D eigenvalue weighted by molar-refractivity contribution is 7.91. The molecule has 2 aliphatic heterocycles. The number of nitrogens with one attached hydrogen (secondary N) is 4.